The second-order valence-corrected chi connectivity index (χ2v) is 7.50. The Morgan fingerprint density at radius 1 is 1.24 bits per heavy atom. The lowest BCUT2D eigenvalue weighted by Crippen LogP contribution is -2.13. The van der Waals surface area contributed by atoms with Gasteiger partial charge in [0.25, 0.3) is 10.0 Å². The lowest BCUT2D eigenvalue weighted by Gasteiger charge is -2.07. The Morgan fingerprint density at radius 2 is 2.00 bits per heavy atom. The lowest BCUT2D eigenvalue weighted by atomic mass is 10.5. The van der Waals surface area contributed by atoms with E-state index in [2.05, 4.69) is 41.6 Å². The van der Waals surface area contributed by atoms with Gasteiger partial charge in [-0.3, -0.25) is 4.72 Å². The van der Waals surface area contributed by atoms with Gasteiger partial charge in [0.2, 0.25) is 0 Å². The van der Waals surface area contributed by atoms with Gasteiger partial charge in [-0.15, -0.1) is 11.3 Å². The van der Waals surface area contributed by atoms with Crippen LogP contribution in [0.25, 0.3) is 0 Å². The smallest absolute Gasteiger partial charge is 0.262 e. The van der Waals surface area contributed by atoms with Gasteiger partial charge in [0.1, 0.15) is 0 Å². The second kappa shape index (κ2) is 5.05. The molecule has 17 heavy (non-hydrogen) atoms. The normalized spacial score (nSPS) is 11.4. The lowest BCUT2D eigenvalue weighted by molar-refractivity contribution is 0.602. The second-order valence-electron chi connectivity index (χ2n) is 3.00. The van der Waals surface area contributed by atoms with E-state index in [9.17, 15) is 8.42 Å². The summed E-state index contributed by atoms with van der Waals surface area (Å²) in [7, 11) is -3.59. The van der Waals surface area contributed by atoms with E-state index < -0.39 is 10.0 Å². The van der Waals surface area contributed by atoms with Crippen LogP contribution in [-0.4, -0.2) is 13.4 Å². The van der Waals surface area contributed by atoms with Crippen LogP contribution in [0.4, 0.5) is 5.82 Å². The Balaban J connectivity index is 2.37. The van der Waals surface area contributed by atoms with Crippen LogP contribution in [0.5, 0.6) is 0 Å². The standard InChI is InChI=1S/C9H6Br2N2O2S2/c10-6-2-1-4-12-8(6)13-17(14,15)9-7(11)3-5-16-9/h1-5H,(H,12,13). The fraction of sp³-hybridized carbons (Fsp3) is 0. The number of rotatable bonds is 3. The van der Waals surface area contributed by atoms with E-state index in [1.807, 2.05) is 0 Å². The maximum absolute atomic E-state index is 12.0. The summed E-state index contributed by atoms with van der Waals surface area (Å²) >= 11 is 7.57. The molecule has 0 atom stereocenters. The molecular formula is C9H6Br2N2O2S2. The van der Waals surface area contributed by atoms with E-state index in [1.54, 1.807) is 23.6 Å². The zero-order valence-electron chi connectivity index (χ0n) is 8.22. The number of nitrogens with zero attached hydrogens (tertiary/aromatic N) is 1. The number of hydrogen-bond acceptors (Lipinski definition) is 4. The SMILES string of the molecule is O=S(=O)(Nc1ncccc1Br)c1sccc1Br. The third-order valence-electron chi connectivity index (χ3n) is 1.82. The number of aromatic nitrogens is 1. The molecule has 8 heteroatoms. The molecule has 0 saturated carbocycles. The van der Waals surface area contributed by atoms with Crippen LogP contribution in [0, 0.1) is 0 Å². The third kappa shape index (κ3) is 2.87. The first kappa shape index (κ1) is 13.0. The van der Waals surface area contributed by atoms with Crippen molar-refractivity contribution < 1.29 is 8.42 Å². The minimum Gasteiger partial charge on any atom is -0.262 e. The number of pyridine rings is 1. The summed E-state index contributed by atoms with van der Waals surface area (Å²) in [6.45, 7) is 0. The molecule has 0 bridgehead atoms. The van der Waals surface area contributed by atoms with Crippen molar-refractivity contribution in [2.45, 2.75) is 4.21 Å². The minimum atomic E-state index is -3.59. The Kier molecular flexibility index (Phi) is 3.86. The topological polar surface area (TPSA) is 59.1 Å². The summed E-state index contributed by atoms with van der Waals surface area (Å²) in [6, 6.07) is 5.12. The number of hydrogen-bond donors (Lipinski definition) is 1. The maximum atomic E-state index is 12.0. The minimum absolute atomic E-state index is 0.232. The van der Waals surface area contributed by atoms with Crippen molar-refractivity contribution in [1.82, 2.24) is 4.98 Å². The zero-order chi connectivity index (χ0) is 12.5. The van der Waals surface area contributed by atoms with E-state index >= 15 is 0 Å². The van der Waals surface area contributed by atoms with Gasteiger partial charge in [-0.1, -0.05) is 0 Å². The molecule has 0 aromatic carbocycles. The summed E-state index contributed by atoms with van der Waals surface area (Å²) in [5.41, 5.74) is 0. The van der Waals surface area contributed by atoms with Crippen molar-refractivity contribution in [3.63, 3.8) is 0 Å². The predicted octanol–water partition coefficient (Wildman–Crippen LogP) is 3.47. The molecule has 2 rings (SSSR count). The van der Waals surface area contributed by atoms with Crippen molar-refractivity contribution in [3.8, 4) is 0 Å². The molecule has 1 N–H and O–H groups in total. The fourth-order valence-electron chi connectivity index (χ4n) is 1.11. The monoisotopic (exact) mass is 396 g/mol. The van der Waals surface area contributed by atoms with Crippen molar-refractivity contribution in [2.75, 3.05) is 4.72 Å². The summed E-state index contributed by atoms with van der Waals surface area (Å²) in [6.07, 6.45) is 1.52. The van der Waals surface area contributed by atoms with Crippen LogP contribution in [0.15, 0.2) is 42.9 Å². The number of thiophene rings is 1. The highest BCUT2D eigenvalue weighted by atomic mass is 79.9. The number of anilines is 1. The molecule has 0 fully saturated rings. The molecule has 0 aliphatic rings. The highest BCUT2D eigenvalue weighted by molar-refractivity contribution is 9.11. The van der Waals surface area contributed by atoms with Gasteiger partial charge in [-0.05, 0) is 55.4 Å². The Labute approximate surface area is 119 Å². The summed E-state index contributed by atoms with van der Waals surface area (Å²) < 4.78 is 27.9. The highest BCUT2D eigenvalue weighted by Crippen LogP contribution is 2.30. The summed E-state index contributed by atoms with van der Waals surface area (Å²) in [5.74, 6) is 0.271. The van der Waals surface area contributed by atoms with E-state index in [0.29, 0.717) is 8.95 Å². The molecule has 0 aliphatic carbocycles. The van der Waals surface area contributed by atoms with Crippen LogP contribution in [0.2, 0.25) is 0 Å². The van der Waals surface area contributed by atoms with Crippen LogP contribution < -0.4 is 4.72 Å². The molecule has 2 heterocycles. The Morgan fingerprint density at radius 3 is 2.59 bits per heavy atom. The average molecular weight is 398 g/mol. The first-order valence-electron chi connectivity index (χ1n) is 4.37. The molecule has 2 aromatic heterocycles. The number of halogens is 2. The van der Waals surface area contributed by atoms with E-state index in [0.717, 1.165) is 11.3 Å². The van der Waals surface area contributed by atoms with Crippen LogP contribution >= 0.6 is 43.2 Å². The van der Waals surface area contributed by atoms with Gasteiger partial charge < -0.3 is 0 Å². The Hall–Kier alpha value is -0.440. The fourth-order valence-corrected chi connectivity index (χ4v) is 4.96. The van der Waals surface area contributed by atoms with Gasteiger partial charge in [0.05, 0.1) is 4.47 Å². The van der Waals surface area contributed by atoms with Crippen molar-refractivity contribution in [2.24, 2.45) is 0 Å². The van der Waals surface area contributed by atoms with Crippen LogP contribution in [-0.2, 0) is 10.0 Å². The molecule has 0 amide bonds. The van der Waals surface area contributed by atoms with Gasteiger partial charge in [0.15, 0.2) is 10.0 Å². The summed E-state index contributed by atoms with van der Waals surface area (Å²) in [5, 5.41) is 1.70. The molecule has 0 saturated heterocycles. The van der Waals surface area contributed by atoms with Gasteiger partial charge in [0, 0.05) is 10.7 Å². The van der Waals surface area contributed by atoms with E-state index in [-0.39, 0.29) is 10.0 Å². The zero-order valence-corrected chi connectivity index (χ0v) is 13.0. The van der Waals surface area contributed by atoms with E-state index in [1.165, 1.54) is 6.20 Å². The van der Waals surface area contributed by atoms with Crippen molar-refractivity contribution >= 4 is 59.0 Å². The first-order valence-corrected chi connectivity index (χ1v) is 8.32. The molecule has 4 nitrogen and oxygen atoms in total. The molecule has 0 unspecified atom stereocenters. The van der Waals surface area contributed by atoms with Gasteiger partial charge >= 0.3 is 0 Å². The molecule has 2 aromatic rings. The Bertz CT molecular complexity index is 640. The molecule has 0 radical (unpaired) electrons. The number of sulfonamides is 1. The summed E-state index contributed by atoms with van der Waals surface area (Å²) in [4.78, 5) is 3.96. The largest absolute Gasteiger partial charge is 0.273 e. The highest BCUT2D eigenvalue weighted by Gasteiger charge is 2.20. The number of nitrogens with one attached hydrogen (secondary N) is 1. The quantitative estimate of drug-likeness (QED) is 0.862. The van der Waals surface area contributed by atoms with E-state index in [4.69, 9.17) is 0 Å². The average Bonchev–Trinajstić information content (AvgIpc) is 2.68. The van der Waals surface area contributed by atoms with Crippen LogP contribution in [0.1, 0.15) is 0 Å². The molecular weight excluding hydrogens is 392 g/mol. The van der Waals surface area contributed by atoms with Gasteiger partial charge in [-0.25, -0.2) is 13.4 Å². The van der Waals surface area contributed by atoms with Gasteiger partial charge in [-0.2, -0.15) is 0 Å². The molecule has 0 spiro atoms. The van der Waals surface area contributed by atoms with Crippen LogP contribution in [0.3, 0.4) is 0 Å². The van der Waals surface area contributed by atoms with Crippen molar-refractivity contribution in [3.05, 3.63) is 38.7 Å². The first-order chi connectivity index (χ1) is 8.00. The maximum Gasteiger partial charge on any atom is 0.273 e. The van der Waals surface area contributed by atoms with Crippen molar-refractivity contribution in [1.29, 1.82) is 0 Å². The third-order valence-corrected chi connectivity index (χ3v) is 6.47. The predicted molar refractivity (Wildman–Crippen MR) is 74.8 cm³/mol. The molecule has 90 valence electrons. The molecule has 0 aliphatic heterocycles.